The Balaban J connectivity index is 2.08. The maximum Gasteiger partial charge on any atom is 0.125 e. The molecule has 0 aliphatic rings. The first-order valence-electron chi connectivity index (χ1n) is 6.04. The van der Waals surface area contributed by atoms with Crippen LogP contribution in [0.2, 0.25) is 0 Å². The number of aromatic nitrogens is 2. The minimum absolute atomic E-state index is 0.392. The van der Waals surface area contributed by atoms with E-state index in [1.165, 1.54) is 4.88 Å². The van der Waals surface area contributed by atoms with Gasteiger partial charge in [0.25, 0.3) is 0 Å². The summed E-state index contributed by atoms with van der Waals surface area (Å²) >= 11 is 11.2. The van der Waals surface area contributed by atoms with Crippen molar-refractivity contribution in [2.45, 2.75) is 12.4 Å². The van der Waals surface area contributed by atoms with Gasteiger partial charge in [-0.05, 0) is 40.2 Å². The molecule has 0 bridgehead atoms. The van der Waals surface area contributed by atoms with E-state index in [2.05, 4.69) is 37.6 Å². The van der Waals surface area contributed by atoms with E-state index < -0.39 is 0 Å². The van der Waals surface area contributed by atoms with Crippen molar-refractivity contribution in [1.82, 2.24) is 9.55 Å². The Labute approximate surface area is 134 Å². The number of hydrogen-bond donors (Lipinski definition) is 0. The van der Waals surface area contributed by atoms with E-state index in [1.54, 1.807) is 18.4 Å². The highest BCUT2D eigenvalue weighted by molar-refractivity contribution is 9.11. The third-order valence-corrected chi connectivity index (χ3v) is 4.94. The van der Waals surface area contributed by atoms with Crippen LogP contribution in [0, 0.1) is 0 Å². The molecule has 0 saturated heterocycles. The molecule has 2 heterocycles. The second-order valence-corrected chi connectivity index (χ2v) is 7.12. The van der Waals surface area contributed by atoms with Gasteiger partial charge in [-0.3, -0.25) is 0 Å². The highest BCUT2D eigenvalue weighted by Gasteiger charge is 2.12. The second-order valence-electron chi connectivity index (χ2n) is 4.31. The second kappa shape index (κ2) is 5.76. The zero-order chi connectivity index (χ0) is 14.1. The van der Waals surface area contributed by atoms with Crippen LogP contribution in [0.1, 0.15) is 10.7 Å². The summed E-state index contributed by atoms with van der Waals surface area (Å²) in [6, 6.07) is 10.1. The zero-order valence-corrected chi connectivity index (χ0v) is 13.9. The normalized spacial score (nSPS) is 11.2. The maximum absolute atomic E-state index is 6.03. The average molecular weight is 372 g/mol. The monoisotopic (exact) mass is 370 g/mol. The van der Waals surface area contributed by atoms with Crippen molar-refractivity contribution in [1.29, 1.82) is 0 Å². The lowest BCUT2D eigenvalue weighted by molar-refractivity contribution is 0.415. The number of ether oxygens (including phenoxy) is 1. The van der Waals surface area contributed by atoms with Gasteiger partial charge in [-0.15, -0.1) is 22.9 Å². The van der Waals surface area contributed by atoms with E-state index in [9.17, 15) is 0 Å². The topological polar surface area (TPSA) is 27.1 Å². The first-order valence-corrected chi connectivity index (χ1v) is 8.19. The van der Waals surface area contributed by atoms with Crippen LogP contribution >= 0.6 is 38.9 Å². The lowest BCUT2D eigenvalue weighted by Crippen LogP contribution is -2.02. The fraction of sp³-hybridized carbons (Fsp3) is 0.214. The largest absolute Gasteiger partial charge is 0.497 e. The van der Waals surface area contributed by atoms with E-state index in [-0.39, 0.29) is 0 Å². The van der Waals surface area contributed by atoms with Crippen molar-refractivity contribution in [3.8, 4) is 5.75 Å². The standard InChI is InChI=1S/C14H12BrClN2OS/c1-19-9-2-4-12-11(6-9)17-14(7-16)18(12)8-10-3-5-13(15)20-10/h2-6H,7-8H2,1H3. The quantitative estimate of drug-likeness (QED) is 0.624. The van der Waals surface area contributed by atoms with E-state index >= 15 is 0 Å². The molecule has 0 spiro atoms. The zero-order valence-electron chi connectivity index (χ0n) is 10.8. The van der Waals surface area contributed by atoms with Gasteiger partial charge < -0.3 is 9.30 Å². The predicted molar refractivity (Wildman–Crippen MR) is 87.0 cm³/mol. The smallest absolute Gasteiger partial charge is 0.125 e. The number of fused-ring (bicyclic) bond motifs is 1. The van der Waals surface area contributed by atoms with Crippen molar-refractivity contribution in [2.24, 2.45) is 0 Å². The third kappa shape index (κ3) is 2.57. The van der Waals surface area contributed by atoms with Crippen LogP contribution in [0.3, 0.4) is 0 Å². The minimum atomic E-state index is 0.392. The summed E-state index contributed by atoms with van der Waals surface area (Å²) in [6.45, 7) is 0.779. The van der Waals surface area contributed by atoms with Crippen molar-refractivity contribution in [2.75, 3.05) is 7.11 Å². The third-order valence-electron chi connectivity index (χ3n) is 3.10. The van der Waals surface area contributed by atoms with Gasteiger partial charge in [0.05, 0.1) is 34.4 Å². The average Bonchev–Trinajstić information content (AvgIpc) is 3.02. The number of benzene rings is 1. The predicted octanol–water partition coefficient (Wildman–Crippen LogP) is 4.66. The summed E-state index contributed by atoms with van der Waals surface area (Å²) in [4.78, 5) is 5.85. The first kappa shape index (κ1) is 13.9. The molecule has 0 saturated carbocycles. The number of halogens is 2. The Bertz CT molecular complexity index is 753. The molecular formula is C14H12BrClN2OS. The van der Waals surface area contributed by atoms with Crippen molar-refractivity contribution in [3.05, 3.63) is 44.8 Å². The number of nitrogens with zero attached hydrogens (tertiary/aromatic N) is 2. The van der Waals surface area contributed by atoms with Crippen LogP contribution in [0.15, 0.2) is 34.1 Å². The van der Waals surface area contributed by atoms with Gasteiger partial charge in [-0.25, -0.2) is 4.98 Å². The molecule has 0 unspecified atom stereocenters. The van der Waals surface area contributed by atoms with Crippen LogP contribution in [-0.4, -0.2) is 16.7 Å². The number of rotatable bonds is 4. The number of hydrogen-bond acceptors (Lipinski definition) is 3. The lowest BCUT2D eigenvalue weighted by atomic mass is 10.3. The first-order chi connectivity index (χ1) is 9.71. The van der Waals surface area contributed by atoms with Crippen LogP contribution in [-0.2, 0) is 12.4 Å². The molecule has 3 nitrogen and oxygen atoms in total. The number of alkyl halides is 1. The molecule has 1 aromatic carbocycles. The van der Waals surface area contributed by atoms with Gasteiger partial charge in [-0.1, -0.05) is 0 Å². The van der Waals surface area contributed by atoms with Crippen molar-refractivity contribution >= 4 is 49.9 Å². The highest BCUT2D eigenvalue weighted by atomic mass is 79.9. The van der Waals surface area contributed by atoms with E-state index in [0.29, 0.717) is 5.88 Å². The molecule has 0 N–H and O–H groups in total. The SMILES string of the molecule is COc1ccc2c(c1)nc(CCl)n2Cc1ccc(Br)s1. The van der Waals surface area contributed by atoms with Crippen LogP contribution < -0.4 is 4.74 Å². The maximum atomic E-state index is 6.03. The van der Waals surface area contributed by atoms with Crippen molar-refractivity contribution in [3.63, 3.8) is 0 Å². The molecular weight excluding hydrogens is 360 g/mol. The Hall–Kier alpha value is -1.04. The van der Waals surface area contributed by atoms with Crippen LogP contribution in [0.4, 0.5) is 0 Å². The van der Waals surface area contributed by atoms with E-state index in [1.807, 2.05) is 18.2 Å². The summed E-state index contributed by atoms with van der Waals surface area (Å²) < 4.78 is 8.52. The fourth-order valence-corrected chi connectivity index (χ4v) is 3.83. The van der Waals surface area contributed by atoms with Gasteiger partial charge in [0.1, 0.15) is 11.6 Å². The molecule has 104 valence electrons. The fourth-order valence-electron chi connectivity index (χ4n) is 2.16. The van der Waals surface area contributed by atoms with Crippen LogP contribution in [0.5, 0.6) is 5.75 Å². The van der Waals surface area contributed by atoms with Gasteiger partial charge in [-0.2, -0.15) is 0 Å². The van der Waals surface area contributed by atoms with Gasteiger partial charge in [0.2, 0.25) is 0 Å². The molecule has 0 radical (unpaired) electrons. The number of thiophene rings is 1. The van der Waals surface area contributed by atoms with Gasteiger partial charge >= 0.3 is 0 Å². The lowest BCUT2D eigenvalue weighted by Gasteiger charge is -2.06. The Morgan fingerprint density at radius 1 is 1.35 bits per heavy atom. The van der Waals surface area contributed by atoms with Crippen LogP contribution in [0.25, 0.3) is 11.0 Å². The molecule has 6 heteroatoms. The minimum Gasteiger partial charge on any atom is -0.497 e. The summed E-state index contributed by atoms with van der Waals surface area (Å²) in [5, 5.41) is 0. The molecule has 0 aliphatic heterocycles. The summed E-state index contributed by atoms with van der Waals surface area (Å²) in [5.74, 6) is 2.07. The summed E-state index contributed by atoms with van der Waals surface area (Å²) in [5.41, 5.74) is 1.99. The number of imidazole rings is 1. The van der Waals surface area contributed by atoms with E-state index in [0.717, 1.165) is 32.9 Å². The molecule has 0 amide bonds. The molecule has 3 rings (SSSR count). The Morgan fingerprint density at radius 2 is 2.20 bits per heavy atom. The van der Waals surface area contributed by atoms with Gasteiger partial charge in [0, 0.05) is 10.9 Å². The Morgan fingerprint density at radius 3 is 2.85 bits per heavy atom. The van der Waals surface area contributed by atoms with Crippen molar-refractivity contribution < 1.29 is 4.74 Å². The molecule has 0 atom stereocenters. The summed E-state index contributed by atoms with van der Waals surface area (Å²) in [7, 11) is 1.66. The molecule has 3 aromatic rings. The highest BCUT2D eigenvalue weighted by Crippen LogP contribution is 2.27. The van der Waals surface area contributed by atoms with E-state index in [4.69, 9.17) is 16.3 Å². The molecule has 0 aliphatic carbocycles. The molecule has 20 heavy (non-hydrogen) atoms. The van der Waals surface area contributed by atoms with Gasteiger partial charge in [0.15, 0.2) is 0 Å². The Kier molecular flexibility index (Phi) is 4.01. The summed E-state index contributed by atoms with van der Waals surface area (Å²) in [6.07, 6.45) is 0. The molecule has 0 fully saturated rings. The molecule has 2 aromatic heterocycles. The number of methoxy groups -OCH3 is 1.